The third-order valence-electron chi connectivity index (χ3n) is 1.70. The molecule has 3 nitrogen and oxygen atoms in total. The number of aromatic nitrogens is 1. The number of pyridine rings is 1. The molecule has 0 aliphatic heterocycles. The highest BCUT2D eigenvalue weighted by molar-refractivity contribution is 6.32. The van der Waals surface area contributed by atoms with E-state index in [9.17, 15) is 8.78 Å². The minimum atomic E-state index is -2.69. The summed E-state index contributed by atoms with van der Waals surface area (Å²) in [5.41, 5.74) is 5.24. The first kappa shape index (κ1) is 11.3. The normalized spacial score (nSPS) is 11.0. The Labute approximate surface area is 84.5 Å². The molecule has 1 aromatic rings. The smallest absolute Gasteiger partial charge is 0.265 e. The maximum absolute atomic E-state index is 12.4. The lowest BCUT2D eigenvalue weighted by Crippen LogP contribution is -2.05. The molecule has 0 aliphatic carbocycles. The SMILES string of the molecule is NCc1cc(C(F)F)c(Cl)c(CO)n1. The molecule has 0 radical (unpaired) electrons. The Morgan fingerprint density at radius 2 is 2.21 bits per heavy atom. The van der Waals surface area contributed by atoms with Crippen LogP contribution in [-0.4, -0.2) is 10.1 Å². The average molecular weight is 223 g/mol. The van der Waals surface area contributed by atoms with Crippen molar-refractivity contribution in [3.63, 3.8) is 0 Å². The van der Waals surface area contributed by atoms with Crippen LogP contribution in [0.2, 0.25) is 5.02 Å². The molecule has 0 saturated heterocycles. The molecule has 0 spiro atoms. The van der Waals surface area contributed by atoms with Crippen LogP contribution < -0.4 is 5.73 Å². The molecule has 14 heavy (non-hydrogen) atoms. The van der Waals surface area contributed by atoms with E-state index in [-0.39, 0.29) is 28.5 Å². The summed E-state index contributed by atoms with van der Waals surface area (Å²) in [7, 11) is 0. The summed E-state index contributed by atoms with van der Waals surface area (Å²) >= 11 is 5.59. The fourth-order valence-electron chi connectivity index (χ4n) is 1.03. The molecule has 0 atom stereocenters. The topological polar surface area (TPSA) is 59.1 Å². The van der Waals surface area contributed by atoms with Crippen LogP contribution in [0.5, 0.6) is 0 Å². The Balaban J connectivity index is 3.27. The number of aliphatic hydroxyl groups is 1. The van der Waals surface area contributed by atoms with Crippen LogP contribution in [0.15, 0.2) is 6.07 Å². The summed E-state index contributed by atoms with van der Waals surface area (Å²) < 4.78 is 24.9. The summed E-state index contributed by atoms with van der Waals surface area (Å²) in [6.45, 7) is -0.448. The fraction of sp³-hybridized carbons (Fsp3) is 0.375. The number of halogens is 3. The van der Waals surface area contributed by atoms with Crippen LogP contribution in [0.3, 0.4) is 0 Å². The Hall–Kier alpha value is -0.780. The summed E-state index contributed by atoms with van der Waals surface area (Å²) in [6, 6.07) is 1.14. The molecule has 0 aromatic carbocycles. The molecular weight excluding hydrogens is 214 g/mol. The number of hydrogen-bond acceptors (Lipinski definition) is 3. The monoisotopic (exact) mass is 222 g/mol. The van der Waals surface area contributed by atoms with E-state index in [0.717, 1.165) is 6.07 Å². The predicted octanol–water partition coefficient (Wildman–Crippen LogP) is 1.62. The second-order valence-corrected chi connectivity index (χ2v) is 3.00. The number of hydrogen-bond donors (Lipinski definition) is 2. The van der Waals surface area contributed by atoms with Crippen LogP contribution in [0.4, 0.5) is 8.78 Å². The van der Waals surface area contributed by atoms with Gasteiger partial charge < -0.3 is 10.8 Å². The minimum Gasteiger partial charge on any atom is -0.390 e. The molecular formula is C8H9ClF2N2O. The molecule has 0 fully saturated rings. The highest BCUT2D eigenvalue weighted by Gasteiger charge is 2.16. The first-order valence-electron chi connectivity index (χ1n) is 3.87. The van der Waals surface area contributed by atoms with Gasteiger partial charge in [0, 0.05) is 12.1 Å². The highest BCUT2D eigenvalue weighted by Crippen LogP contribution is 2.29. The number of nitrogens with two attached hydrogens (primary N) is 1. The highest BCUT2D eigenvalue weighted by atomic mass is 35.5. The van der Waals surface area contributed by atoms with E-state index < -0.39 is 13.0 Å². The molecule has 0 amide bonds. The van der Waals surface area contributed by atoms with Gasteiger partial charge in [-0.25, -0.2) is 8.78 Å². The van der Waals surface area contributed by atoms with Crippen molar-refractivity contribution >= 4 is 11.6 Å². The van der Waals surface area contributed by atoms with Crippen molar-refractivity contribution in [1.82, 2.24) is 4.98 Å². The van der Waals surface area contributed by atoms with Gasteiger partial charge in [-0.3, -0.25) is 4.98 Å². The summed E-state index contributed by atoms with van der Waals surface area (Å²) in [5, 5.41) is 8.62. The molecule has 1 aromatic heterocycles. The Kier molecular flexibility index (Phi) is 3.74. The van der Waals surface area contributed by atoms with Crippen molar-refractivity contribution < 1.29 is 13.9 Å². The van der Waals surface area contributed by atoms with E-state index in [4.69, 9.17) is 22.4 Å². The van der Waals surface area contributed by atoms with Gasteiger partial charge in [0.15, 0.2) is 0 Å². The average Bonchev–Trinajstić information content (AvgIpc) is 2.17. The molecule has 78 valence electrons. The molecule has 0 bridgehead atoms. The van der Waals surface area contributed by atoms with E-state index in [1.54, 1.807) is 0 Å². The van der Waals surface area contributed by atoms with E-state index in [2.05, 4.69) is 4.98 Å². The van der Waals surface area contributed by atoms with Gasteiger partial charge in [0.1, 0.15) is 0 Å². The molecule has 1 rings (SSSR count). The van der Waals surface area contributed by atoms with Gasteiger partial charge in [0.2, 0.25) is 0 Å². The van der Waals surface area contributed by atoms with Crippen LogP contribution in [0.1, 0.15) is 23.4 Å². The van der Waals surface area contributed by atoms with Crippen molar-refractivity contribution in [2.24, 2.45) is 5.73 Å². The lowest BCUT2D eigenvalue weighted by Gasteiger charge is -2.08. The second kappa shape index (κ2) is 4.63. The Bertz CT molecular complexity index is 333. The third kappa shape index (κ3) is 2.17. The largest absolute Gasteiger partial charge is 0.390 e. The van der Waals surface area contributed by atoms with Crippen LogP contribution in [-0.2, 0) is 13.2 Å². The maximum atomic E-state index is 12.4. The Morgan fingerprint density at radius 1 is 1.57 bits per heavy atom. The van der Waals surface area contributed by atoms with Gasteiger partial charge in [-0.05, 0) is 6.07 Å². The Morgan fingerprint density at radius 3 is 2.64 bits per heavy atom. The van der Waals surface area contributed by atoms with Crippen molar-refractivity contribution in [3.8, 4) is 0 Å². The number of aliphatic hydroxyl groups excluding tert-OH is 1. The second-order valence-electron chi connectivity index (χ2n) is 2.63. The summed E-state index contributed by atoms with van der Waals surface area (Å²) in [5.74, 6) is 0. The van der Waals surface area contributed by atoms with Crippen molar-refractivity contribution in [3.05, 3.63) is 28.0 Å². The van der Waals surface area contributed by atoms with Crippen molar-refractivity contribution in [2.45, 2.75) is 19.6 Å². The van der Waals surface area contributed by atoms with Crippen molar-refractivity contribution in [1.29, 1.82) is 0 Å². The van der Waals surface area contributed by atoms with Gasteiger partial charge in [0.25, 0.3) is 6.43 Å². The van der Waals surface area contributed by atoms with Gasteiger partial charge in [0.05, 0.1) is 23.0 Å². The number of rotatable bonds is 3. The van der Waals surface area contributed by atoms with E-state index >= 15 is 0 Å². The molecule has 1 heterocycles. The van der Waals surface area contributed by atoms with E-state index in [1.807, 2.05) is 0 Å². The molecule has 3 N–H and O–H groups in total. The van der Waals surface area contributed by atoms with Gasteiger partial charge >= 0.3 is 0 Å². The van der Waals surface area contributed by atoms with Crippen LogP contribution in [0, 0.1) is 0 Å². The van der Waals surface area contributed by atoms with E-state index in [0.29, 0.717) is 0 Å². The zero-order valence-electron chi connectivity index (χ0n) is 7.17. The lowest BCUT2D eigenvalue weighted by molar-refractivity contribution is 0.151. The quantitative estimate of drug-likeness (QED) is 0.817. The third-order valence-corrected chi connectivity index (χ3v) is 2.14. The zero-order valence-corrected chi connectivity index (χ0v) is 7.93. The first-order valence-corrected chi connectivity index (χ1v) is 4.25. The number of alkyl halides is 2. The summed E-state index contributed by atoms with van der Waals surface area (Å²) in [4.78, 5) is 3.81. The van der Waals surface area contributed by atoms with Gasteiger partial charge in [-0.1, -0.05) is 11.6 Å². The number of nitrogens with zero attached hydrogens (tertiary/aromatic N) is 1. The van der Waals surface area contributed by atoms with E-state index in [1.165, 1.54) is 0 Å². The fourth-order valence-corrected chi connectivity index (χ4v) is 1.27. The van der Waals surface area contributed by atoms with Gasteiger partial charge in [-0.2, -0.15) is 0 Å². The maximum Gasteiger partial charge on any atom is 0.265 e. The minimum absolute atomic E-state index is 0.0316. The standard InChI is InChI=1S/C8H9ClF2N2O/c9-7-5(8(10)11)1-4(2-12)13-6(7)3-14/h1,8,14H,2-3,12H2. The summed E-state index contributed by atoms with van der Waals surface area (Å²) in [6.07, 6.45) is -2.69. The van der Waals surface area contributed by atoms with Gasteiger partial charge in [-0.15, -0.1) is 0 Å². The predicted molar refractivity (Wildman–Crippen MR) is 48.0 cm³/mol. The zero-order chi connectivity index (χ0) is 10.7. The van der Waals surface area contributed by atoms with Crippen molar-refractivity contribution in [2.75, 3.05) is 0 Å². The van der Waals surface area contributed by atoms with Crippen LogP contribution in [0.25, 0.3) is 0 Å². The lowest BCUT2D eigenvalue weighted by atomic mass is 10.2. The molecule has 6 heteroatoms. The molecule has 0 aliphatic rings. The van der Waals surface area contributed by atoms with Crippen LogP contribution >= 0.6 is 11.6 Å². The molecule has 0 unspecified atom stereocenters. The first-order chi connectivity index (χ1) is 6.60. The molecule has 0 saturated carbocycles.